The molecule has 2 atom stereocenters. The fourth-order valence-corrected chi connectivity index (χ4v) is 3.33. The molecule has 4 N–H and O–H groups in total. The van der Waals surface area contributed by atoms with Crippen LogP contribution in [0, 0.1) is 5.92 Å². The van der Waals surface area contributed by atoms with E-state index in [-0.39, 0.29) is 11.5 Å². The van der Waals surface area contributed by atoms with Crippen molar-refractivity contribution in [3.63, 3.8) is 0 Å². The van der Waals surface area contributed by atoms with Crippen molar-refractivity contribution in [3.05, 3.63) is 29.8 Å². The number of anilines is 1. The Hall–Kier alpha value is -3.10. The second kappa shape index (κ2) is 9.90. The number of likely N-dealkylation sites (tertiary alicyclic amines) is 1. The summed E-state index contributed by atoms with van der Waals surface area (Å²) in [5.41, 5.74) is 5.91. The number of hydrogen-bond acceptors (Lipinski definition) is 5. The number of amides is 4. The van der Waals surface area contributed by atoms with E-state index in [0.717, 1.165) is 0 Å². The van der Waals surface area contributed by atoms with Crippen LogP contribution in [0.4, 0.5) is 10.5 Å². The quantitative estimate of drug-likeness (QED) is 0.593. The monoisotopic (exact) mass is 404 g/mol. The number of primary amides is 1. The van der Waals surface area contributed by atoms with Crippen molar-refractivity contribution >= 4 is 29.5 Å². The van der Waals surface area contributed by atoms with Crippen LogP contribution < -0.4 is 16.4 Å². The molecule has 0 radical (unpaired) electrons. The lowest BCUT2D eigenvalue weighted by atomic mass is 10.0. The van der Waals surface area contributed by atoms with Gasteiger partial charge in [0.25, 0.3) is 0 Å². The Morgan fingerprint density at radius 3 is 2.55 bits per heavy atom. The van der Waals surface area contributed by atoms with Gasteiger partial charge < -0.3 is 26.0 Å². The molecule has 0 saturated carbocycles. The van der Waals surface area contributed by atoms with Crippen LogP contribution >= 0.6 is 0 Å². The molecule has 158 valence electrons. The molecule has 0 aliphatic carbocycles. The first-order chi connectivity index (χ1) is 13.7. The van der Waals surface area contributed by atoms with Gasteiger partial charge >= 0.3 is 12.0 Å². The maximum Gasteiger partial charge on any atom is 0.339 e. The summed E-state index contributed by atoms with van der Waals surface area (Å²) in [5.74, 6) is -1.42. The molecule has 1 saturated heterocycles. The predicted octanol–water partition coefficient (Wildman–Crippen LogP) is 1.49. The van der Waals surface area contributed by atoms with Gasteiger partial charge in [-0.15, -0.1) is 0 Å². The molecular weight excluding hydrogens is 376 g/mol. The molecule has 9 heteroatoms. The van der Waals surface area contributed by atoms with Gasteiger partial charge in [-0.1, -0.05) is 26.0 Å². The Morgan fingerprint density at radius 2 is 1.93 bits per heavy atom. The molecule has 0 bridgehead atoms. The van der Waals surface area contributed by atoms with Crippen LogP contribution in [0.3, 0.4) is 0 Å². The first-order valence-electron chi connectivity index (χ1n) is 9.59. The minimum absolute atomic E-state index is 0.172. The highest BCUT2D eigenvalue weighted by atomic mass is 16.5. The third kappa shape index (κ3) is 5.69. The van der Waals surface area contributed by atoms with E-state index in [4.69, 9.17) is 10.5 Å². The average molecular weight is 404 g/mol. The Balaban J connectivity index is 2.10. The summed E-state index contributed by atoms with van der Waals surface area (Å²) in [7, 11) is 1.26. The highest BCUT2D eigenvalue weighted by molar-refractivity contribution is 6.02. The Bertz CT molecular complexity index is 780. The van der Waals surface area contributed by atoms with Crippen LogP contribution in [0.25, 0.3) is 0 Å². The first-order valence-corrected chi connectivity index (χ1v) is 9.59. The fraction of sp³-hybridized carbons (Fsp3) is 0.500. The molecule has 1 aromatic carbocycles. The molecule has 1 aliphatic heterocycles. The van der Waals surface area contributed by atoms with Crippen molar-refractivity contribution in [1.29, 1.82) is 0 Å². The number of hydrogen-bond donors (Lipinski definition) is 3. The van der Waals surface area contributed by atoms with E-state index in [9.17, 15) is 19.2 Å². The molecule has 1 fully saturated rings. The normalized spacial score (nSPS) is 17.0. The van der Waals surface area contributed by atoms with Crippen LogP contribution in [0.5, 0.6) is 0 Å². The van der Waals surface area contributed by atoms with E-state index in [0.29, 0.717) is 31.5 Å². The number of urea groups is 1. The predicted molar refractivity (Wildman–Crippen MR) is 107 cm³/mol. The van der Waals surface area contributed by atoms with Gasteiger partial charge in [0.1, 0.15) is 12.1 Å². The Labute approximate surface area is 169 Å². The van der Waals surface area contributed by atoms with Crippen LogP contribution in [0.15, 0.2) is 24.3 Å². The SMILES string of the molecule is COC(=O)c1ccccc1NC(=O)N1CCC[C@H]1C(=O)N[C@@H](CC(C)C)C(N)=O. The highest BCUT2D eigenvalue weighted by Gasteiger charge is 2.36. The third-order valence-corrected chi connectivity index (χ3v) is 4.76. The molecule has 0 spiro atoms. The number of nitrogens with two attached hydrogens (primary N) is 1. The highest BCUT2D eigenvalue weighted by Crippen LogP contribution is 2.22. The molecule has 29 heavy (non-hydrogen) atoms. The van der Waals surface area contributed by atoms with Crippen LogP contribution in [0.2, 0.25) is 0 Å². The summed E-state index contributed by atoms with van der Waals surface area (Å²) in [6.07, 6.45) is 1.55. The number of rotatable bonds is 7. The number of ether oxygens (including phenoxy) is 1. The second-order valence-corrected chi connectivity index (χ2v) is 7.41. The number of methoxy groups -OCH3 is 1. The van der Waals surface area contributed by atoms with Crippen molar-refractivity contribution in [2.45, 2.75) is 45.2 Å². The minimum Gasteiger partial charge on any atom is -0.465 e. The topological polar surface area (TPSA) is 131 Å². The molecule has 1 aliphatic rings. The number of benzene rings is 1. The molecule has 2 rings (SSSR count). The van der Waals surface area contributed by atoms with Crippen molar-refractivity contribution in [2.24, 2.45) is 11.7 Å². The zero-order chi connectivity index (χ0) is 21.6. The Kier molecular flexibility index (Phi) is 7.58. The van der Waals surface area contributed by atoms with Gasteiger partial charge in [-0.3, -0.25) is 9.59 Å². The van der Waals surface area contributed by atoms with E-state index in [1.807, 2.05) is 13.8 Å². The van der Waals surface area contributed by atoms with Gasteiger partial charge in [-0.25, -0.2) is 9.59 Å². The Morgan fingerprint density at radius 1 is 1.24 bits per heavy atom. The number of para-hydroxylation sites is 1. The molecule has 1 aromatic rings. The lowest BCUT2D eigenvalue weighted by molar-refractivity contribution is -0.129. The van der Waals surface area contributed by atoms with Crippen LogP contribution in [-0.2, 0) is 14.3 Å². The van der Waals surface area contributed by atoms with E-state index in [2.05, 4.69) is 10.6 Å². The van der Waals surface area contributed by atoms with Gasteiger partial charge in [0.05, 0.1) is 18.4 Å². The molecule has 0 aromatic heterocycles. The van der Waals surface area contributed by atoms with E-state index in [1.165, 1.54) is 12.0 Å². The summed E-state index contributed by atoms with van der Waals surface area (Å²) < 4.78 is 4.73. The summed E-state index contributed by atoms with van der Waals surface area (Å²) in [6.45, 7) is 4.24. The number of carbonyl (C=O) groups excluding carboxylic acids is 4. The third-order valence-electron chi connectivity index (χ3n) is 4.76. The maximum atomic E-state index is 12.8. The molecule has 0 unspecified atom stereocenters. The lowest BCUT2D eigenvalue weighted by Crippen LogP contribution is -2.53. The van der Waals surface area contributed by atoms with Gasteiger partial charge in [0.2, 0.25) is 11.8 Å². The second-order valence-electron chi connectivity index (χ2n) is 7.41. The van der Waals surface area contributed by atoms with Gasteiger partial charge in [0, 0.05) is 6.54 Å². The van der Waals surface area contributed by atoms with Crippen LogP contribution in [-0.4, -0.2) is 54.5 Å². The lowest BCUT2D eigenvalue weighted by Gasteiger charge is -2.26. The largest absolute Gasteiger partial charge is 0.465 e. The van der Waals surface area contributed by atoms with E-state index < -0.39 is 35.9 Å². The minimum atomic E-state index is -0.784. The summed E-state index contributed by atoms with van der Waals surface area (Å²) in [6, 6.07) is 4.47. The van der Waals surface area contributed by atoms with E-state index in [1.54, 1.807) is 24.3 Å². The maximum absolute atomic E-state index is 12.8. The number of carbonyl (C=O) groups is 4. The first kappa shape index (κ1) is 22.2. The molecule has 9 nitrogen and oxygen atoms in total. The summed E-state index contributed by atoms with van der Waals surface area (Å²) in [5, 5.41) is 5.34. The average Bonchev–Trinajstić information content (AvgIpc) is 3.17. The summed E-state index contributed by atoms with van der Waals surface area (Å²) in [4.78, 5) is 50.4. The zero-order valence-corrected chi connectivity index (χ0v) is 16.9. The van der Waals surface area contributed by atoms with Crippen molar-refractivity contribution in [1.82, 2.24) is 10.2 Å². The smallest absolute Gasteiger partial charge is 0.339 e. The van der Waals surface area contributed by atoms with Crippen molar-refractivity contribution in [2.75, 3.05) is 19.0 Å². The number of esters is 1. The molecular formula is C20H28N4O5. The zero-order valence-electron chi connectivity index (χ0n) is 16.9. The van der Waals surface area contributed by atoms with E-state index >= 15 is 0 Å². The summed E-state index contributed by atoms with van der Waals surface area (Å²) >= 11 is 0. The van der Waals surface area contributed by atoms with Crippen molar-refractivity contribution in [3.8, 4) is 0 Å². The fourth-order valence-electron chi connectivity index (χ4n) is 3.33. The van der Waals surface area contributed by atoms with Gasteiger partial charge in [-0.05, 0) is 37.3 Å². The number of nitrogens with zero attached hydrogens (tertiary/aromatic N) is 1. The molecule has 1 heterocycles. The van der Waals surface area contributed by atoms with Crippen LogP contribution in [0.1, 0.15) is 43.5 Å². The number of nitrogens with one attached hydrogen (secondary N) is 2. The van der Waals surface area contributed by atoms with Gasteiger partial charge in [-0.2, -0.15) is 0 Å². The van der Waals surface area contributed by atoms with Gasteiger partial charge in [0.15, 0.2) is 0 Å². The standard InChI is InChI=1S/C20H28N4O5/c1-12(2)11-15(17(21)25)22-18(26)16-9-6-10-24(16)20(28)23-14-8-5-4-7-13(14)19(27)29-3/h4-5,7-8,12,15-16H,6,9-11H2,1-3H3,(H2,21,25)(H,22,26)(H,23,28)/t15-,16-/m0/s1. The molecule has 4 amide bonds. The van der Waals surface area contributed by atoms with Crippen molar-refractivity contribution < 1.29 is 23.9 Å².